The molecule has 1 saturated heterocycles. The predicted octanol–water partition coefficient (Wildman–Crippen LogP) is 3.76. The highest BCUT2D eigenvalue weighted by Crippen LogP contribution is 2.29. The van der Waals surface area contributed by atoms with Crippen molar-refractivity contribution in [3.8, 4) is 17.1 Å². The fraction of sp³-hybridized carbons (Fsp3) is 0.375. The number of carbonyl (C=O) groups is 1. The smallest absolute Gasteiger partial charge is 0.233 e. The predicted molar refractivity (Wildman–Crippen MR) is 131 cm³/mol. The van der Waals surface area contributed by atoms with Crippen LogP contribution >= 0.6 is 11.8 Å². The lowest BCUT2D eigenvalue weighted by Crippen LogP contribution is -2.42. The van der Waals surface area contributed by atoms with Gasteiger partial charge < -0.3 is 4.90 Å². The van der Waals surface area contributed by atoms with Crippen LogP contribution in [0.4, 0.5) is 0 Å². The molecule has 0 radical (unpaired) electrons. The van der Waals surface area contributed by atoms with Gasteiger partial charge in [-0.25, -0.2) is 8.42 Å². The molecule has 4 rings (SSSR count). The Hall–Kier alpha value is -2.65. The van der Waals surface area contributed by atoms with Crippen LogP contribution in [0.5, 0.6) is 0 Å². The summed E-state index contributed by atoms with van der Waals surface area (Å²) in [6, 6.07) is 17.7. The van der Waals surface area contributed by atoms with E-state index in [4.69, 9.17) is 0 Å². The van der Waals surface area contributed by atoms with Gasteiger partial charge in [0.25, 0.3) is 0 Å². The highest BCUT2D eigenvalue weighted by molar-refractivity contribution is 7.99. The van der Waals surface area contributed by atoms with Gasteiger partial charge >= 0.3 is 0 Å². The third-order valence-electron chi connectivity index (χ3n) is 5.68. The largest absolute Gasteiger partial charge is 0.338 e. The summed E-state index contributed by atoms with van der Waals surface area (Å²) in [4.78, 5) is 14.9. The zero-order valence-electron chi connectivity index (χ0n) is 18.8. The van der Waals surface area contributed by atoms with Crippen LogP contribution in [0.3, 0.4) is 0 Å². The summed E-state index contributed by atoms with van der Waals surface area (Å²) in [7, 11) is -3.06. The first-order valence-electron chi connectivity index (χ1n) is 11.1. The van der Waals surface area contributed by atoms with Crippen LogP contribution in [0.1, 0.15) is 25.3 Å². The molecule has 1 aliphatic heterocycles. The van der Waals surface area contributed by atoms with Crippen molar-refractivity contribution < 1.29 is 13.2 Å². The topological polar surface area (TPSA) is 85.2 Å². The first-order chi connectivity index (χ1) is 15.9. The second-order valence-corrected chi connectivity index (χ2v) is 11.5. The molecule has 1 atom stereocenters. The number of carbonyl (C=O) groups excluding carboxylic acids is 1. The van der Waals surface area contributed by atoms with Crippen LogP contribution in [0.25, 0.3) is 17.1 Å². The van der Waals surface area contributed by atoms with Gasteiger partial charge in [0.2, 0.25) is 5.91 Å². The van der Waals surface area contributed by atoms with E-state index in [9.17, 15) is 13.2 Å². The number of rotatable bonds is 8. The molecule has 174 valence electrons. The van der Waals surface area contributed by atoms with Crippen LogP contribution in [-0.2, 0) is 14.6 Å². The van der Waals surface area contributed by atoms with E-state index in [-0.39, 0.29) is 29.2 Å². The molecule has 1 fully saturated rings. The van der Waals surface area contributed by atoms with Crippen molar-refractivity contribution in [2.75, 3.05) is 23.8 Å². The fourth-order valence-electron chi connectivity index (χ4n) is 4.13. The molecule has 3 aromatic rings. The number of hydrogen-bond donors (Lipinski definition) is 0. The zero-order chi connectivity index (χ0) is 23.4. The lowest BCUT2D eigenvalue weighted by atomic mass is 10.1. The van der Waals surface area contributed by atoms with Crippen molar-refractivity contribution in [3.63, 3.8) is 0 Å². The van der Waals surface area contributed by atoms with Crippen molar-refractivity contribution >= 4 is 27.5 Å². The van der Waals surface area contributed by atoms with Crippen LogP contribution in [0.2, 0.25) is 0 Å². The van der Waals surface area contributed by atoms with Crippen molar-refractivity contribution in [1.82, 2.24) is 19.7 Å². The average Bonchev–Trinajstić information content (AvgIpc) is 3.39. The Morgan fingerprint density at radius 1 is 1.15 bits per heavy atom. The minimum absolute atomic E-state index is 0.0567. The summed E-state index contributed by atoms with van der Waals surface area (Å²) in [5, 5.41) is 9.48. The Morgan fingerprint density at radius 2 is 1.94 bits per heavy atom. The molecule has 1 aromatic heterocycles. The number of hydrogen-bond acceptors (Lipinski definition) is 6. The maximum Gasteiger partial charge on any atom is 0.233 e. The Balaban J connectivity index is 1.59. The van der Waals surface area contributed by atoms with Crippen molar-refractivity contribution in [2.24, 2.45) is 0 Å². The molecule has 1 aliphatic rings. The van der Waals surface area contributed by atoms with Crippen molar-refractivity contribution in [1.29, 1.82) is 0 Å². The molecule has 0 unspecified atom stereocenters. The van der Waals surface area contributed by atoms with Crippen LogP contribution in [0, 0.1) is 6.92 Å². The van der Waals surface area contributed by atoms with E-state index in [2.05, 4.69) is 16.3 Å². The lowest BCUT2D eigenvalue weighted by molar-refractivity contribution is -0.130. The Labute approximate surface area is 199 Å². The van der Waals surface area contributed by atoms with E-state index in [1.165, 1.54) is 11.8 Å². The molecule has 2 aromatic carbocycles. The third-order valence-corrected chi connectivity index (χ3v) is 8.35. The highest BCUT2D eigenvalue weighted by Gasteiger charge is 2.34. The minimum Gasteiger partial charge on any atom is -0.338 e. The molecule has 7 nitrogen and oxygen atoms in total. The Morgan fingerprint density at radius 3 is 2.61 bits per heavy atom. The number of aryl methyl sites for hydroxylation is 1. The highest BCUT2D eigenvalue weighted by atomic mass is 32.2. The summed E-state index contributed by atoms with van der Waals surface area (Å²) < 4.78 is 25.9. The van der Waals surface area contributed by atoms with Crippen LogP contribution in [-0.4, -0.2) is 63.8 Å². The standard InChI is InChI=1S/C24H28N4O3S2/c1-3-13-27(21-12-14-33(30,31)17-21)22(29)16-32-24-26-25-23(19-9-7-8-18(2)15-19)28(24)20-10-5-4-6-11-20/h4-11,15,21H,3,12-14,16-17H2,1-2H3/t21-/m1/s1. The first kappa shape index (κ1) is 23.5. The van der Waals surface area contributed by atoms with E-state index in [0.29, 0.717) is 23.9 Å². The quantitative estimate of drug-likeness (QED) is 0.453. The second-order valence-electron chi connectivity index (χ2n) is 8.28. The SMILES string of the molecule is CCCN(C(=O)CSc1nnc(-c2cccc(C)c2)n1-c1ccccc1)[C@@H]1CCS(=O)(=O)C1. The van der Waals surface area contributed by atoms with E-state index in [1.807, 2.05) is 66.9 Å². The van der Waals surface area contributed by atoms with Gasteiger partial charge in [-0.05, 0) is 38.0 Å². The lowest BCUT2D eigenvalue weighted by Gasteiger charge is -2.27. The summed E-state index contributed by atoms with van der Waals surface area (Å²) >= 11 is 1.33. The third kappa shape index (κ3) is 5.47. The van der Waals surface area contributed by atoms with E-state index >= 15 is 0 Å². The fourth-order valence-corrected chi connectivity index (χ4v) is 6.70. The van der Waals surface area contributed by atoms with Gasteiger partial charge in [-0.2, -0.15) is 0 Å². The Kier molecular flexibility index (Phi) is 7.19. The maximum absolute atomic E-state index is 13.1. The number of nitrogens with zero attached hydrogens (tertiary/aromatic N) is 4. The number of thioether (sulfide) groups is 1. The van der Waals surface area contributed by atoms with Gasteiger partial charge in [0, 0.05) is 23.8 Å². The summed E-state index contributed by atoms with van der Waals surface area (Å²) in [5.41, 5.74) is 3.00. The van der Waals surface area contributed by atoms with Gasteiger partial charge in [0.1, 0.15) is 0 Å². The molecule has 0 aliphatic carbocycles. The number of amides is 1. The molecule has 0 saturated carbocycles. The minimum atomic E-state index is -3.06. The number of aromatic nitrogens is 3. The van der Waals surface area contributed by atoms with Gasteiger partial charge in [-0.1, -0.05) is 60.6 Å². The summed E-state index contributed by atoms with van der Waals surface area (Å²) in [6.07, 6.45) is 1.29. The second kappa shape index (κ2) is 10.1. The number of benzene rings is 2. The van der Waals surface area contributed by atoms with Gasteiger partial charge in [0.05, 0.1) is 17.3 Å². The van der Waals surface area contributed by atoms with Gasteiger partial charge in [-0.15, -0.1) is 10.2 Å². The molecule has 0 spiro atoms. The monoisotopic (exact) mass is 484 g/mol. The summed E-state index contributed by atoms with van der Waals surface area (Å²) in [6.45, 7) is 4.59. The molecule has 9 heteroatoms. The molecule has 0 bridgehead atoms. The van der Waals surface area contributed by atoms with Crippen LogP contribution < -0.4 is 0 Å². The normalized spacial score (nSPS) is 17.2. The van der Waals surface area contributed by atoms with Gasteiger partial charge in [-0.3, -0.25) is 9.36 Å². The number of para-hydroxylation sites is 1. The number of sulfone groups is 1. The molecular formula is C24H28N4O3S2. The maximum atomic E-state index is 13.1. The van der Waals surface area contributed by atoms with Gasteiger partial charge in [0.15, 0.2) is 20.8 Å². The van der Waals surface area contributed by atoms with E-state index in [1.54, 1.807) is 4.90 Å². The Bertz CT molecular complexity index is 1230. The van der Waals surface area contributed by atoms with Crippen molar-refractivity contribution in [2.45, 2.75) is 37.9 Å². The molecule has 1 amide bonds. The molecule has 33 heavy (non-hydrogen) atoms. The van der Waals surface area contributed by atoms with Crippen LogP contribution in [0.15, 0.2) is 59.8 Å². The molecular weight excluding hydrogens is 456 g/mol. The average molecular weight is 485 g/mol. The molecule has 2 heterocycles. The first-order valence-corrected chi connectivity index (χ1v) is 13.9. The zero-order valence-corrected chi connectivity index (χ0v) is 20.5. The molecule has 0 N–H and O–H groups in total. The van der Waals surface area contributed by atoms with Crippen molar-refractivity contribution in [3.05, 3.63) is 60.2 Å². The van der Waals surface area contributed by atoms with E-state index in [0.717, 1.165) is 23.2 Å². The van der Waals surface area contributed by atoms with E-state index < -0.39 is 9.84 Å². The summed E-state index contributed by atoms with van der Waals surface area (Å²) in [5.74, 6) is 1.03.